The van der Waals surface area contributed by atoms with Crippen LogP contribution in [0.1, 0.15) is 0 Å². The smallest absolute Gasteiger partial charge is 0.776 e. The van der Waals surface area contributed by atoms with Crippen LogP contribution in [0, 0.1) is 0 Å². The molecule has 0 bridgehead atoms. The summed E-state index contributed by atoms with van der Waals surface area (Å²) < 4.78 is 45.1. The van der Waals surface area contributed by atoms with Crippen molar-refractivity contribution in [1.82, 2.24) is 9.97 Å². The maximum absolute atomic E-state index is 10.8. The summed E-state index contributed by atoms with van der Waals surface area (Å²) in [5, 5.41) is 11.4. The second kappa shape index (κ2) is 14.6. The van der Waals surface area contributed by atoms with Gasteiger partial charge in [-0.25, -0.2) is 9.13 Å². The van der Waals surface area contributed by atoms with Crippen LogP contribution in [0.5, 0.6) is 0 Å². The minimum Gasteiger partial charge on any atom is -0.776 e. The van der Waals surface area contributed by atoms with E-state index in [0.29, 0.717) is 0 Å². The van der Waals surface area contributed by atoms with Gasteiger partial charge in [-0.1, -0.05) is 0 Å². The molecule has 2 heterocycles. The second-order valence-corrected chi connectivity index (χ2v) is 14.0. The molecule has 0 spiro atoms. The Morgan fingerprint density at radius 1 is 0.667 bits per heavy atom. The Bertz CT molecular complexity index is 943. The van der Waals surface area contributed by atoms with Gasteiger partial charge in [0.05, 0.1) is 0 Å². The Hall–Kier alpha value is -0.557. The fourth-order valence-corrected chi connectivity index (χ4v) is 5.93. The Morgan fingerprint density at radius 2 is 0.889 bits per heavy atom. The van der Waals surface area contributed by atoms with Crippen molar-refractivity contribution >= 4 is 30.4 Å². The van der Waals surface area contributed by atoms with Crippen molar-refractivity contribution in [3.8, 4) is 0 Å². The number of hydrogen-bond donors (Lipinski definition) is 8. The van der Waals surface area contributed by atoms with Gasteiger partial charge in [0.25, 0.3) is 0 Å². The van der Waals surface area contributed by atoms with Crippen molar-refractivity contribution in [1.29, 1.82) is 0 Å². The van der Waals surface area contributed by atoms with Crippen LogP contribution in [0.2, 0.25) is 0 Å². The summed E-state index contributed by atoms with van der Waals surface area (Å²) in [6.45, 7) is -2.10. The van der Waals surface area contributed by atoms with E-state index in [9.17, 15) is 48.0 Å². The Balaban J connectivity index is -0.000000256. The standard InChI is InChI=1S/2C5H10N2O7P2.3H2O.Zn/c2*8-5(15(9,10)11,16(12,13)14)3-7-2-1-6-4-7;;;;/h2*1-2,4,8H,3H2,(H4,9,10,11,12,13,14);3*1H2;/q;;;;;+2/p-1. The number of hydrogen-bond acceptors (Lipinski definition) is 10. The van der Waals surface area contributed by atoms with Crippen LogP contribution < -0.4 is 28.7 Å². The van der Waals surface area contributed by atoms with E-state index in [1.54, 1.807) is 0 Å². The molecule has 15 N–H and O–H groups in total. The number of aliphatic hydroxyl groups is 2. The maximum atomic E-state index is 10.8. The summed E-state index contributed by atoms with van der Waals surface area (Å²) in [4.78, 5) is 82.8. The van der Waals surface area contributed by atoms with E-state index in [1.807, 2.05) is 0 Å². The van der Waals surface area contributed by atoms with E-state index < -0.39 is 53.6 Å². The Morgan fingerprint density at radius 3 is 1.03 bits per heavy atom. The van der Waals surface area contributed by atoms with Gasteiger partial charge in [-0.3, -0.25) is 9.97 Å². The van der Waals surface area contributed by atoms with Crippen LogP contribution in [0.3, 0.4) is 0 Å². The summed E-state index contributed by atoms with van der Waals surface area (Å²) in [7, 11) is -22.8. The average molecular weight is 663 g/mol. The molecule has 2 rings (SSSR count). The molecule has 0 aliphatic rings. The largest absolute Gasteiger partial charge is 2.00 e. The molecule has 0 aliphatic carbocycles. The second-order valence-electron chi connectivity index (χ2n) is 6.20. The summed E-state index contributed by atoms with van der Waals surface area (Å²) in [6.07, 6.45) is 7.32. The molecule has 0 saturated carbocycles. The fraction of sp³-hybridized carbons (Fsp3) is 0.400. The average Bonchev–Trinajstić information content (AvgIpc) is 3.25. The molecular formula is C10H25N4O17P4Zn+. The van der Waals surface area contributed by atoms with Crippen molar-refractivity contribution in [2.45, 2.75) is 23.3 Å². The predicted octanol–water partition coefficient (Wildman–Crippen LogP) is -8.49. The Kier molecular flexibility index (Phi) is 17.2. The molecule has 0 amide bonds. The quantitative estimate of drug-likeness (QED) is 0.0563. The Labute approximate surface area is 213 Å². The normalized spacial score (nSPS) is 20.5. The van der Waals surface area contributed by atoms with Crippen LogP contribution >= 0.6 is 30.4 Å². The monoisotopic (exact) mass is 661 g/mol. The van der Waals surface area contributed by atoms with E-state index in [2.05, 4.69) is 9.97 Å². The first-order valence-corrected chi connectivity index (χ1v) is 14.1. The van der Waals surface area contributed by atoms with Gasteiger partial charge in [0.2, 0.25) is 22.8 Å². The van der Waals surface area contributed by atoms with Crippen molar-refractivity contribution in [2.24, 2.45) is 0 Å². The van der Waals surface area contributed by atoms with Gasteiger partial charge < -0.3 is 84.0 Å². The molecular weight excluding hydrogens is 637 g/mol. The summed E-state index contributed by atoms with van der Waals surface area (Å²) in [6, 6.07) is 0. The molecule has 0 saturated heterocycles. The van der Waals surface area contributed by atoms with Crippen LogP contribution in [0.4, 0.5) is 0 Å². The van der Waals surface area contributed by atoms with E-state index in [1.165, 1.54) is 24.8 Å². The molecule has 21 nitrogen and oxygen atoms in total. The summed E-state index contributed by atoms with van der Waals surface area (Å²) in [5.41, 5.74) is 0. The molecule has 0 fully saturated rings. The van der Waals surface area contributed by atoms with Crippen LogP contribution in [0.25, 0.3) is 0 Å². The number of nitrogens with zero attached hydrogens (tertiary/aromatic N) is 2. The van der Waals surface area contributed by atoms with Crippen LogP contribution in [-0.4, -0.2) is 60.9 Å². The number of nitrogens with one attached hydrogen (secondary N) is 2. The van der Waals surface area contributed by atoms with Gasteiger partial charge >= 0.3 is 19.5 Å². The van der Waals surface area contributed by atoms with Gasteiger partial charge in [0.15, 0.2) is 30.4 Å². The molecule has 0 radical (unpaired) electrons. The molecule has 4 atom stereocenters. The first kappa shape index (κ1) is 42.5. The van der Waals surface area contributed by atoms with Crippen molar-refractivity contribution in [2.75, 3.05) is 0 Å². The zero-order valence-electron chi connectivity index (χ0n) is 17.8. The predicted molar refractivity (Wildman–Crippen MR) is 103 cm³/mol. The number of rotatable bonds is 8. The first-order chi connectivity index (χ1) is 14.2. The number of H-pyrrole nitrogens is 2. The fourth-order valence-electron chi connectivity index (χ4n) is 2.00. The van der Waals surface area contributed by atoms with Gasteiger partial charge in [-0.15, -0.1) is 0 Å². The first-order valence-electron chi connectivity index (χ1n) is 7.80. The summed E-state index contributed by atoms with van der Waals surface area (Å²) in [5.74, 6) is 0. The molecule has 0 aliphatic heterocycles. The summed E-state index contributed by atoms with van der Waals surface area (Å²) >= 11 is 0. The molecule has 208 valence electrons. The van der Waals surface area contributed by atoms with Crippen molar-refractivity contribution < 1.29 is 113 Å². The maximum Gasteiger partial charge on any atom is 2.00 e. The van der Waals surface area contributed by atoms with Gasteiger partial charge in [0.1, 0.15) is 37.9 Å². The molecule has 2 aromatic heterocycles. The zero-order valence-corrected chi connectivity index (χ0v) is 24.3. The van der Waals surface area contributed by atoms with Gasteiger partial charge in [-0.2, -0.15) is 0 Å². The van der Waals surface area contributed by atoms with Crippen molar-refractivity contribution in [3.63, 3.8) is 0 Å². The molecule has 0 aromatic carbocycles. The molecule has 36 heavy (non-hydrogen) atoms. The third-order valence-corrected chi connectivity index (χ3v) is 11.0. The van der Waals surface area contributed by atoms with Gasteiger partial charge in [0, 0.05) is 0 Å². The minimum atomic E-state index is -5.71. The number of aromatic nitrogens is 4. The number of aromatic amines is 2. The van der Waals surface area contributed by atoms with Crippen LogP contribution in [-0.2, 0) is 56.3 Å². The molecule has 26 heteroatoms. The zero-order chi connectivity index (χ0) is 25.2. The third-order valence-electron chi connectivity index (χ3n) is 3.80. The van der Waals surface area contributed by atoms with E-state index in [0.717, 1.165) is 21.8 Å². The van der Waals surface area contributed by atoms with Crippen molar-refractivity contribution in [3.05, 3.63) is 37.4 Å². The van der Waals surface area contributed by atoms with Gasteiger partial charge in [-0.05, 0) is 0 Å². The number of imidazole rings is 2. The third kappa shape index (κ3) is 9.96. The molecule has 4 unspecified atom stereocenters. The van der Waals surface area contributed by atoms with E-state index in [4.69, 9.17) is 19.6 Å². The minimum absolute atomic E-state index is 0. The molecule has 2 aromatic rings. The van der Waals surface area contributed by atoms with E-state index >= 15 is 0 Å². The van der Waals surface area contributed by atoms with Crippen LogP contribution in [0.15, 0.2) is 37.4 Å². The van der Waals surface area contributed by atoms with E-state index in [-0.39, 0.29) is 35.9 Å². The SMILES string of the molecule is O.O.O=P([O-])(O)C(O)(C[n+]1cc[nH]c1)P(=O)([O-])O.O=P([O-])(O)C(O)(C[n+]1cc[nH]c1)P(=O)([O-])O.[OH3+].[Zn+2]. The topological polar surface area (TPSA) is 417 Å².